The highest BCUT2D eigenvalue weighted by Gasteiger charge is 2.31. The fraction of sp³-hybridized carbons (Fsp3) is 0.500. The van der Waals surface area contributed by atoms with Crippen LogP contribution in [0.25, 0.3) is 11.3 Å². The summed E-state index contributed by atoms with van der Waals surface area (Å²) in [6.45, 7) is 15.1. The van der Waals surface area contributed by atoms with Crippen molar-refractivity contribution in [3.8, 4) is 17.1 Å². The van der Waals surface area contributed by atoms with Gasteiger partial charge < -0.3 is 14.2 Å². The number of hydrogen-bond acceptors (Lipinski definition) is 6. The van der Waals surface area contributed by atoms with Gasteiger partial charge in [-0.3, -0.25) is 0 Å². The summed E-state index contributed by atoms with van der Waals surface area (Å²) in [5.41, 5.74) is 5.66. The Bertz CT molecular complexity index is 1270. The van der Waals surface area contributed by atoms with E-state index in [9.17, 15) is 4.55 Å². The third-order valence-corrected chi connectivity index (χ3v) is 9.19. The van der Waals surface area contributed by atoms with Gasteiger partial charge in [0.1, 0.15) is 11.4 Å². The molecule has 1 fully saturated rings. The van der Waals surface area contributed by atoms with Gasteiger partial charge in [-0.25, -0.2) is 4.98 Å². The first kappa shape index (κ1) is 27.9. The molecule has 1 aromatic heterocycles. The van der Waals surface area contributed by atoms with Crippen LogP contribution in [0.2, 0.25) is 0 Å². The number of likely N-dealkylation sites (tertiary alicyclic amines) is 1. The summed E-state index contributed by atoms with van der Waals surface area (Å²) in [7, 11) is 0. The molecule has 7 heteroatoms. The Hall–Kier alpha value is -2.61. The molecule has 3 atom stereocenters. The van der Waals surface area contributed by atoms with Gasteiger partial charge in [0, 0.05) is 24.1 Å². The minimum absolute atomic E-state index is 0.318. The molecule has 5 rings (SSSR count). The molecule has 3 aromatic rings. The van der Waals surface area contributed by atoms with Crippen molar-refractivity contribution in [1.29, 1.82) is 0 Å². The van der Waals surface area contributed by atoms with E-state index < -0.39 is 11.4 Å². The number of rotatable bonds is 3. The molecule has 39 heavy (non-hydrogen) atoms. The van der Waals surface area contributed by atoms with Gasteiger partial charge in [-0.15, -0.1) is 0 Å². The first-order chi connectivity index (χ1) is 18.6. The van der Waals surface area contributed by atoms with Crippen LogP contribution in [0.5, 0.6) is 5.88 Å². The summed E-state index contributed by atoms with van der Waals surface area (Å²) >= 11 is -1.48. The van der Waals surface area contributed by atoms with Gasteiger partial charge in [0.25, 0.3) is 5.95 Å². The van der Waals surface area contributed by atoms with Gasteiger partial charge >= 0.3 is 0 Å². The van der Waals surface area contributed by atoms with Crippen LogP contribution in [0.3, 0.4) is 0 Å². The molecule has 2 unspecified atom stereocenters. The molecule has 2 aliphatic heterocycles. The Morgan fingerprint density at radius 3 is 2.56 bits per heavy atom. The summed E-state index contributed by atoms with van der Waals surface area (Å²) in [5.74, 6) is 1.84. The zero-order chi connectivity index (χ0) is 27.6. The number of nitrogens with zero attached hydrogens (tertiary/aromatic N) is 3. The predicted octanol–water partition coefficient (Wildman–Crippen LogP) is 6.59. The van der Waals surface area contributed by atoms with Crippen molar-refractivity contribution in [2.24, 2.45) is 17.3 Å². The molecular formula is C32H42N4O2S. The molecular weight excluding hydrogens is 504 g/mol. The second kappa shape index (κ2) is 11.9. The van der Waals surface area contributed by atoms with Crippen molar-refractivity contribution in [3.05, 3.63) is 65.2 Å². The molecule has 208 valence electrons. The highest BCUT2D eigenvalue weighted by atomic mass is 32.2. The smallest absolute Gasteiger partial charge is 0.269 e. The Balaban J connectivity index is 1.48. The Kier molecular flexibility index (Phi) is 8.50. The number of ether oxygens (including phenoxy) is 1. The fourth-order valence-corrected chi connectivity index (χ4v) is 6.65. The molecule has 2 aromatic carbocycles. The number of hydrogen-bond donors (Lipinski definition) is 1. The van der Waals surface area contributed by atoms with Crippen LogP contribution in [0.4, 0.5) is 5.95 Å². The highest BCUT2D eigenvalue weighted by Crippen LogP contribution is 2.33. The summed E-state index contributed by atoms with van der Waals surface area (Å²) in [6, 6.07) is 16.3. The van der Waals surface area contributed by atoms with E-state index in [1.165, 1.54) is 18.4 Å². The second-order valence-corrected chi connectivity index (χ2v) is 13.7. The molecule has 4 bridgehead atoms. The van der Waals surface area contributed by atoms with Crippen LogP contribution >= 0.6 is 0 Å². The van der Waals surface area contributed by atoms with Crippen LogP contribution in [0.1, 0.15) is 56.7 Å². The molecule has 0 spiro atoms. The lowest BCUT2D eigenvalue weighted by Gasteiger charge is -2.39. The Morgan fingerprint density at radius 1 is 1.03 bits per heavy atom. The molecule has 3 heterocycles. The third kappa shape index (κ3) is 7.13. The average Bonchev–Trinajstić information content (AvgIpc) is 2.89. The Labute approximate surface area is 236 Å². The van der Waals surface area contributed by atoms with Crippen molar-refractivity contribution in [1.82, 2.24) is 14.9 Å². The summed E-state index contributed by atoms with van der Waals surface area (Å²) in [6.07, 6.45) is 4.45. The van der Waals surface area contributed by atoms with Gasteiger partial charge in [-0.05, 0) is 92.8 Å². The van der Waals surface area contributed by atoms with Crippen LogP contribution in [-0.4, -0.2) is 45.7 Å². The molecule has 1 saturated heterocycles. The summed E-state index contributed by atoms with van der Waals surface area (Å²) in [5, 5.41) is 0. The zero-order valence-corrected chi connectivity index (χ0v) is 24.8. The summed E-state index contributed by atoms with van der Waals surface area (Å²) in [4.78, 5) is 12.8. The van der Waals surface area contributed by atoms with E-state index >= 15 is 0 Å². The van der Waals surface area contributed by atoms with Crippen molar-refractivity contribution in [2.75, 3.05) is 31.0 Å². The molecule has 1 N–H and O–H groups in total. The second-order valence-electron chi connectivity index (χ2n) is 12.5. The van der Waals surface area contributed by atoms with E-state index in [4.69, 9.17) is 9.72 Å². The fourth-order valence-electron chi connectivity index (χ4n) is 5.82. The molecule has 0 aliphatic carbocycles. The lowest BCUT2D eigenvalue weighted by molar-refractivity contribution is 0.0687. The van der Waals surface area contributed by atoms with Crippen LogP contribution < -0.4 is 9.46 Å². The molecule has 0 saturated carbocycles. The number of aromatic nitrogens is 2. The van der Waals surface area contributed by atoms with E-state index in [1.807, 2.05) is 18.2 Å². The van der Waals surface area contributed by atoms with Gasteiger partial charge in [0.05, 0.1) is 12.3 Å². The number of benzene rings is 2. The van der Waals surface area contributed by atoms with E-state index in [0.717, 1.165) is 59.8 Å². The standard InChI is InChI=1S/C32H42N4O2S/c1-22-8-6-9-23(2)30(22)28-19-29-34-31(33-28)35-39(37)27-11-7-10-24(18-27)12-13-25-14-16-36(17-15-32(3,4)5)20-26(25)21-38-29/h6-11,18-19,25-26H,12-17,20-21H2,1-5H3,(H,33,34,35)/t25?,26-,39?/m1/s1. The first-order valence-corrected chi connectivity index (χ1v) is 15.4. The first-order valence-electron chi connectivity index (χ1n) is 14.2. The topological polar surface area (TPSA) is 73.3 Å². The highest BCUT2D eigenvalue weighted by molar-refractivity contribution is 7.92. The SMILES string of the molecule is Cc1cccc(C)c1-c1cc2nc(n1)N[S+]([O-])c1cccc(c1)CCC1CCN(CCC(C)(C)C)C[C@@H]1CO2. The molecule has 6 nitrogen and oxygen atoms in total. The van der Waals surface area contributed by atoms with Crippen molar-refractivity contribution >= 4 is 17.3 Å². The predicted molar refractivity (Wildman–Crippen MR) is 159 cm³/mol. The van der Waals surface area contributed by atoms with Crippen molar-refractivity contribution in [2.45, 2.75) is 65.2 Å². The minimum atomic E-state index is -1.48. The summed E-state index contributed by atoms with van der Waals surface area (Å²) < 4.78 is 22.8. The van der Waals surface area contributed by atoms with E-state index in [1.54, 1.807) is 0 Å². The average molecular weight is 547 g/mol. The molecule has 2 aliphatic rings. The monoisotopic (exact) mass is 546 g/mol. The third-order valence-electron chi connectivity index (χ3n) is 8.14. The van der Waals surface area contributed by atoms with Gasteiger partial charge in [-0.2, -0.15) is 9.71 Å². The molecule has 0 amide bonds. The van der Waals surface area contributed by atoms with Crippen molar-refractivity contribution < 1.29 is 9.29 Å². The van der Waals surface area contributed by atoms with E-state index in [2.05, 4.69) is 79.6 Å². The van der Waals surface area contributed by atoms with Gasteiger partial charge in [0.15, 0.2) is 4.90 Å². The normalized spacial score (nSPS) is 22.3. The number of piperidine rings is 1. The van der Waals surface area contributed by atoms with Crippen LogP contribution in [-0.2, 0) is 17.8 Å². The number of fused-ring (bicyclic) bond motifs is 5. The van der Waals surface area contributed by atoms with Crippen LogP contribution in [0, 0.1) is 31.1 Å². The zero-order valence-electron chi connectivity index (χ0n) is 24.0. The largest absolute Gasteiger partial charge is 0.588 e. The number of aryl methyl sites for hydroxylation is 3. The number of anilines is 1. The van der Waals surface area contributed by atoms with E-state index in [-0.39, 0.29) is 0 Å². The van der Waals surface area contributed by atoms with E-state index in [0.29, 0.717) is 35.7 Å². The Morgan fingerprint density at radius 2 is 1.79 bits per heavy atom. The molecule has 0 radical (unpaired) electrons. The van der Waals surface area contributed by atoms with Gasteiger partial charge in [0.2, 0.25) is 5.88 Å². The lowest BCUT2D eigenvalue weighted by Crippen LogP contribution is -2.44. The van der Waals surface area contributed by atoms with Crippen molar-refractivity contribution in [3.63, 3.8) is 0 Å². The lowest BCUT2D eigenvalue weighted by atomic mass is 9.81. The number of nitrogens with one attached hydrogen (secondary N) is 1. The maximum atomic E-state index is 13.3. The maximum absolute atomic E-state index is 13.3. The van der Waals surface area contributed by atoms with Crippen LogP contribution in [0.15, 0.2) is 53.4 Å². The van der Waals surface area contributed by atoms with Gasteiger partial charge in [-0.1, -0.05) is 51.1 Å². The minimum Gasteiger partial charge on any atom is -0.588 e. The quantitative estimate of drug-likeness (QED) is 0.374. The maximum Gasteiger partial charge on any atom is 0.269 e.